The van der Waals surface area contributed by atoms with Crippen molar-refractivity contribution < 1.29 is 5.11 Å². The van der Waals surface area contributed by atoms with Gasteiger partial charge in [-0.05, 0) is 49.8 Å². The van der Waals surface area contributed by atoms with E-state index in [0.29, 0.717) is 5.41 Å². The Morgan fingerprint density at radius 1 is 1.15 bits per heavy atom. The minimum absolute atomic E-state index is 0.359. The minimum atomic E-state index is -0.359. The molecule has 1 aromatic rings. The Morgan fingerprint density at radius 2 is 1.70 bits per heavy atom. The fraction of sp³-hybridized carbons (Fsp3) is 0.667. The second-order valence-corrected chi connectivity index (χ2v) is 7.37. The van der Waals surface area contributed by atoms with E-state index in [1.54, 1.807) is 0 Å². The minimum Gasteiger partial charge on any atom is -0.387 e. The topological polar surface area (TPSA) is 23.5 Å². The molecule has 1 heterocycles. The first-order valence-corrected chi connectivity index (χ1v) is 7.83. The molecule has 1 aliphatic rings. The smallest absolute Gasteiger partial charge is 0.0916 e. The van der Waals surface area contributed by atoms with Crippen LogP contribution < -0.4 is 0 Å². The third kappa shape index (κ3) is 4.07. The van der Waals surface area contributed by atoms with Crippen LogP contribution in [0.15, 0.2) is 24.3 Å². The zero-order valence-corrected chi connectivity index (χ0v) is 13.4. The number of piperidine rings is 1. The van der Waals surface area contributed by atoms with Gasteiger partial charge in [-0.1, -0.05) is 50.6 Å². The summed E-state index contributed by atoms with van der Waals surface area (Å²) in [6, 6.07) is 8.23. The van der Waals surface area contributed by atoms with Crippen LogP contribution in [0.3, 0.4) is 0 Å². The highest BCUT2D eigenvalue weighted by Crippen LogP contribution is 2.34. The van der Waals surface area contributed by atoms with Gasteiger partial charge in [0.2, 0.25) is 0 Å². The lowest BCUT2D eigenvalue weighted by molar-refractivity contribution is 0.0653. The Labute approximate surface area is 123 Å². The van der Waals surface area contributed by atoms with Gasteiger partial charge < -0.3 is 10.0 Å². The van der Waals surface area contributed by atoms with Gasteiger partial charge in [-0.2, -0.15) is 0 Å². The van der Waals surface area contributed by atoms with Crippen LogP contribution in [0.4, 0.5) is 0 Å². The van der Waals surface area contributed by atoms with Crippen LogP contribution in [-0.4, -0.2) is 29.6 Å². The molecule has 112 valence electrons. The van der Waals surface area contributed by atoms with Gasteiger partial charge in [0.25, 0.3) is 0 Å². The highest BCUT2D eigenvalue weighted by atomic mass is 16.3. The molecule has 1 aliphatic heterocycles. The molecule has 1 aromatic carbocycles. The Hall–Kier alpha value is -0.860. The first-order chi connectivity index (χ1) is 9.36. The van der Waals surface area contributed by atoms with E-state index < -0.39 is 0 Å². The van der Waals surface area contributed by atoms with Crippen molar-refractivity contribution in [3.63, 3.8) is 0 Å². The van der Waals surface area contributed by atoms with E-state index in [4.69, 9.17) is 0 Å². The molecule has 2 nitrogen and oxygen atoms in total. The largest absolute Gasteiger partial charge is 0.387 e. The van der Waals surface area contributed by atoms with Gasteiger partial charge >= 0.3 is 0 Å². The Bertz CT molecular complexity index is 410. The zero-order valence-electron chi connectivity index (χ0n) is 13.4. The van der Waals surface area contributed by atoms with Gasteiger partial charge in [-0.3, -0.25) is 0 Å². The van der Waals surface area contributed by atoms with E-state index in [1.165, 1.54) is 18.4 Å². The van der Waals surface area contributed by atoms with Gasteiger partial charge in [0.15, 0.2) is 0 Å². The fourth-order valence-corrected chi connectivity index (χ4v) is 3.12. The Kier molecular flexibility index (Phi) is 4.87. The highest BCUT2D eigenvalue weighted by Gasteiger charge is 2.29. The molecule has 1 unspecified atom stereocenters. The van der Waals surface area contributed by atoms with Crippen molar-refractivity contribution in [3.05, 3.63) is 35.4 Å². The normalized spacial score (nSPS) is 20.1. The Morgan fingerprint density at radius 3 is 2.20 bits per heavy atom. The van der Waals surface area contributed by atoms with Crippen LogP contribution in [0.2, 0.25) is 0 Å². The molecular weight excluding hydrogens is 246 g/mol. The van der Waals surface area contributed by atoms with E-state index in [2.05, 4.69) is 44.7 Å². The van der Waals surface area contributed by atoms with Crippen LogP contribution in [0, 0.1) is 18.3 Å². The predicted octanol–water partition coefficient (Wildman–Crippen LogP) is 3.79. The molecule has 20 heavy (non-hydrogen) atoms. The van der Waals surface area contributed by atoms with Crippen molar-refractivity contribution in [2.75, 3.05) is 19.6 Å². The van der Waals surface area contributed by atoms with Gasteiger partial charge in [-0.25, -0.2) is 0 Å². The van der Waals surface area contributed by atoms with Crippen molar-refractivity contribution in [2.24, 2.45) is 11.3 Å². The van der Waals surface area contributed by atoms with Crippen molar-refractivity contribution in [1.82, 2.24) is 4.90 Å². The van der Waals surface area contributed by atoms with Crippen LogP contribution in [-0.2, 0) is 0 Å². The molecule has 0 spiro atoms. The number of aliphatic hydroxyl groups excluding tert-OH is 1. The third-order valence-corrected chi connectivity index (χ3v) is 4.71. The van der Waals surface area contributed by atoms with Crippen LogP contribution in [0.25, 0.3) is 0 Å². The van der Waals surface area contributed by atoms with E-state index in [0.717, 1.165) is 31.1 Å². The fourth-order valence-electron chi connectivity index (χ4n) is 3.12. The van der Waals surface area contributed by atoms with E-state index in [-0.39, 0.29) is 6.10 Å². The summed E-state index contributed by atoms with van der Waals surface area (Å²) in [5, 5.41) is 10.3. The van der Waals surface area contributed by atoms with Crippen LogP contribution in [0.1, 0.15) is 50.8 Å². The molecular formula is C18H29NO. The van der Waals surface area contributed by atoms with E-state index in [1.807, 2.05) is 12.1 Å². The molecule has 0 aromatic heterocycles. The lowest BCUT2D eigenvalue weighted by Gasteiger charge is -2.39. The number of benzene rings is 1. The summed E-state index contributed by atoms with van der Waals surface area (Å²) in [6.45, 7) is 12.1. The standard InChI is InChI=1S/C18H29NO/c1-14-5-7-15(8-6-14)17(20)13-19-11-9-16(10-12-19)18(2,3)4/h5-8,16-17,20H,9-13H2,1-4H3. The first-order valence-electron chi connectivity index (χ1n) is 7.83. The van der Waals surface area contributed by atoms with Gasteiger partial charge in [0, 0.05) is 6.54 Å². The van der Waals surface area contributed by atoms with Gasteiger partial charge in [0.05, 0.1) is 6.10 Å². The number of hydrogen-bond donors (Lipinski definition) is 1. The SMILES string of the molecule is Cc1ccc(C(O)CN2CCC(C(C)(C)C)CC2)cc1. The quantitative estimate of drug-likeness (QED) is 0.907. The average Bonchev–Trinajstić information content (AvgIpc) is 2.39. The first kappa shape index (κ1) is 15.5. The second kappa shape index (κ2) is 6.28. The van der Waals surface area contributed by atoms with Crippen molar-refractivity contribution in [2.45, 2.75) is 46.6 Å². The van der Waals surface area contributed by atoms with Crippen LogP contribution in [0.5, 0.6) is 0 Å². The molecule has 0 amide bonds. The zero-order chi connectivity index (χ0) is 14.8. The summed E-state index contributed by atoms with van der Waals surface area (Å²) in [7, 11) is 0. The number of β-amino-alcohol motifs (C(OH)–C–C–N with tert-alkyl or cyclic N) is 1. The number of hydrogen-bond acceptors (Lipinski definition) is 2. The summed E-state index contributed by atoms with van der Waals surface area (Å²) in [5.41, 5.74) is 2.70. The van der Waals surface area contributed by atoms with Crippen molar-refractivity contribution in [1.29, 1.82) is 0 Å². The number of aryl methyl sites for hydroxylation is 1. The molecule has 1 saturated heterocycles. The number of rotatable bonds is 3. The van der Waals surface area contributed by atoms with Crippen LogP contribution >= 0.6 is 0 Å². The highest BCUT2D eigenvalue weighted by molar-refractivity contribution is 5.23. The lowest BCUT2D eigenvalue weighted by atomic mass is 9.75. The monoisotopic (exact) mass is 275 g/mol. The summed E-state index contributed by atoms with van der Waals surface area (Å²) < 4.78 is 0. The van der Waals surface area contributed by atoms with Crippen molar-refractivity contribution in [3.8, 4) is 0 Å². The third-order valence-electron chi connectivity index (χ3n) is 4.71. The molecule has 1 atom stereocenters. The number of nitrogens with zero attached hydrogens (tertiary/aromatic N) is 1. The number of likely N-dealkylation sites (tertiary alicyclic amines) is 1. The van der Waals surface area contributed by atoms with Crippen molar-refractivity contribution >= 4 is 0 Å². The van der Waals surface area contributed by atoms with Gasteiger partial charge in [0.1, 0.15) is 0 Å². The maximum atomic E-state index is 10.3. The van der Waals surface area contributed by atoms with E-state index >= 15 is 0 Å². The summed E-state index contributed by atoms with van der Waals surface area (Å²) in [5.74, 6) is 0.815. The summed E-state index contributed by atoms with van der Waals surface area (Å²) in [6.07, 6.45) is 2.15. The molecule has 1 N–H and O–H groups in total. The molecule has 0 radical (unpaired) electrons. The number of aliphatic hydroxyl groups is 1. The molecule has 0 saturated carbocycles. The molecule has 0 aliphatic carbocycles. The average molecular weight is 275 g/mol. The lowest BCUT2D eigenvalue weighted by Crippen LogP contribution is -2.39. The molecule has 0 bridgehead atoms. The summed E-state index contributed by atoms with van der Waals surface area (Å²) >= 11 is 0. The molecule has 1 fully saturated rings. The predicted molar refractivity (Wildman–Crippen MR) is 84.8 cm³/mol. The molecule has 2 rings (SSSR count). The second-order valence-electron chi connectivity index (χ2n) is 7.37. The maximum Gasteiger partial charge on any atom is 0.0916 e. The maximum absolute atomic E-state index is 10.3. The Balaban J connectivity index is 1.85. The van der Waals surface area contributed by atoms with E-state index in [9.17, 15) is 5.11 Å². The van der Waals surface area contributed by atoms with Gasteiger partial charge in [-0.15, -0.1) is 0 Å². The molecule has 2 heteroatoms. The summed E-state index contributed by atoms with van der Waals surface area (Å²) in [4.78, 5) is 2.41.